The molecule has 0 fully saturated rings. The van der Waals surface area contributed by atoms with Crippen molar-refractivity contribution in [3.63, 3.8) is 0 Å². The van der Waals surface area contributed by atoms with Gasteiger partial charge in [-0.25, -0.2) is 0 Å². The fraction of sp³-hybridized carbons (Fsp3) is 0.0556. The van der Waals surface area contributed by atoms with Crippen molar-refractivity contribution < 1.29 is 9.90 Å². The van der Waals surface area contributed by atoms with Crippen LogP contribution in [0.25, 0.3) is 5.69 Å². The van der Waals surface area contributed by atoms with Gasteiger partial charge in [-0.1, -0.05) is 41.6 Å². The molecule has 0 aliphatic carbocycles. The van der Waals surface area contributed by atoms with Crippen LogP contribution in [0.3, 0.4) is 0 Å². The summed E-state index contributed by atoms with van der Waals surface area (Å²) in [7, 11) is 0. The highest BCUT2D eigenvalue weighted by Gasteiger charge is 2.13. The van der Waals surface area contributed by atoms with Crippen LogP contribution >= 0.6 is 23.4 Å². The van der Waals surface area contributed by atoms with Crippen molar-refractivity contribution in [1.29, 1.82) is 0 Å². The number of carbonyl (C=O) groups is 1. The normalized spacial score (nSPS) is 10.5. The third-order valence-corrected chi connectivity index (χ3v) is 4.54. The molecule has 0 spiro atoms. The molecule has 0 aliphatic heterocycles. The predicted octanol–water partition coefficient (Wildman–Crippen LogP) is 3.32. The quantitative estimate of drug-likeness (QED) is 0.518. The molecular formula is C18H14ClN3O3S. The highest BCUT2D eigenvalue weighted by atomic mass is 35.5. The lowest BCUT2D eigenvalue weighted by Crippen LogP contribution is -2.21. The Bertz CT molecular complexity index is 975. The summed E-state index contributed by atoms with van der Waals surface area (Å²) >= 11 is 6.87. The lowest BCUT2D eigenvalue weighted by molar-refractivity contribution is -0.113. The van der Waals surface area contributed by atoms with E-state index in [0.29, 0.717) is 16.4 Å². The van der Waals surface area contributed by atoms with E-state index in [4.69, 9.17) is 11.6 Å². The van der Waals surface area contributed by atoms with E-state index >= 15 is 0 Å². The molecule has 1 heterocycles. The SMILES string of the molecule is O=C(CSc1nc(O)cc(=O)n1-c1ccccc1)Nc1ccc(Cl)cc1. The van der Waals surface area contributed by atoms with Crippen LogP contribution in [0.1, 0.15) is 0 Å². The molecule has 2 aromatic carbocycles. The van der Waals surface area contributed by atoms with Crippen molar-refractivity contribution in [3.05, 3.63) is 76.0 Å². The Morgan fingerprint density at radius 3 is 2.54 bits per heavy atom. The van der Waals surface area contributed by atoms with E-state index in [1.54, 1.807) is 48.5 Å². The van der Waals surface area contributed by atoms with Crippen LogP contribution in [-0.4, -0.2) is 26.3 Å². The standard InChI is InChI=1S/C18H14ClN3O3S/c19-12-6-8-13(9-7-12)20-16(24)11-26-18-21-15(23)10-17(25)22(18)14-4-2-1-3-5-14/h1-10,23H,11H2,(H,20,24). The lowest BCUT2D eigenvalue weighted by atomic mass is 10.3. The van der Waals surface area contributed by atoms with Gasteiger partial charge in [-0.15, -0.1) is 0 Å². The van der Waals surface area contributed by atoms with Gasteiger partial charge in [-0.3, -0.25) is 14.2 Å². The maximum absolute atomic E-state index is 12.3. The summed E-state index contributed by atoms with van der Waals surface area (Å²) in [5.74, 6) is -0.636. The molecule has 0 unspecified atom stereocenters. The number of nitrogens with one attached hydrogen (secondary N) is 1. The second kappa shape index (κ2) is 8.07. The minimum Gasteiger partial charge on any atom is -0.493 e. The summed E-state index contributed by atoms with van der Waals surface area (Å²) in [4.78, 5) is 28.4. The number of thioether (sulfide) groups is 1. The number of carbonyl (C=O) groups excluding carboxylic acids is 1. The predicted molar refractivity (Wildman–Crippen MR) is 102 cm³/mol. The first-order valence-corrected chi connectivity index (χ1v) is 8.96. The smallest absolute Gasteiger partial charge is 0.262 e. The molecule has 0 bridgehead atoms. The summed E-state index contributed by atoms with van der Waals surface area (Å²) in [6.45, 7) is 0. The molecule has 3 rings (SSSR count). The molecule has 0 saturated carbocycles. The van der Waals surface area contributed by atoms with E-state index in [-0.39, 0.29) is 22.7 Å². The zero-order valence-corrected chi connectivity index (χ0v) is 15.0. The molecule has 26 heavy (non-hydrogen) atoms. The minimum absolute atomic E-state index is 0.0192. The highest BCUT2D eigenvalue weighted by Crippen LogP contribution is 2.21. The van der Waals surface area contributed by atoms with Gasteiger partial charge < -0.3 is 10.4 Å². The Balaban J connectivity index is 1.78. The molecule has 6 nitrogen and oxygen atoms in total. The van der Waals surface area contributed by atoms with E-state index < -0.39 is 5.56 Å². The number of aromatic hydroxyl groups is 1. The minimum atomic E-state index is -0.427. The van der Waals surface area contributed by atoms with Gasteiger partial charge >= 0.3 is 0 Å². The molecule has 132 valence electrons. The van der Waals surface area contributed by atoms with E-state index in [2.05, 4.69) is 10.3 Å². The van der Waals surface area contributed by atoms with Crippen LogP contribution in [0.4, 0.5) is 5.69 Å². The van der Waals surface area contributed by atoms with Crippen LogP contribution in [0.5, 0.6) is 5.88 Å². The Morgan fingerprint density at radius 1 is 1.15 bits per heavy atom. The summed E-state index contributed by atoms with van der Waals surface area (Å²) in [6, 6.07) is 16.7. The number of halogens is 1. The van der Waals surface area contributed by atoms with Gasteiger partial charge in [0.05, 0.1) is 17.5 Å². The monoisotopic (exact) mass is 387 g/mol. The molecule has 0 radical (unpaired) electrons. The molecule has 8 heteroatoms. The molecule has 0 aliphatic rings. The lowest BCUT2D eigenvalue weighted by Gasteiger charge is -2.11. The fourth-order valence-corrected chi connectivity index (χ4v) is 3.16. The van der Waals surface area contributed by atoms with Gasteiger partial charge in [0.2, 0.25) is 11.8 Å². The first kappa shape index (κ1) is 18.0. The Morgan fingerprint density at radius 2 is 1.85 bits per heavy atom. The van der Waals surface area contributed by atoms with Crippen LogP contribution in [0.2, 0.25) is 5.02 Å². The van der Waals surface area contributed by atoms with Gasteiger partial charge in [0.1, 0.15) is 0 Å². The number of hydrogen-bond acceptors (Lipinski definition) is 5. The number of aromatic nitrogens is 2. The van der Waals surface area contributed by atoms with E-state index in [9.17, 15) is 14.7 Å². The first-order chi connectivity index (χ1) is 12.5. The number of hydrogen-bond donors (Lipinski definition) is 2. The van der Waals surface area contributed by atoms with Crippen molar-refractivity contribution in [1.82, 2.24) is 9.55 Å². The molecule has 2 N–H and O–H groups in total. The van der Waals surface area contributed by atoms with Crippen molar-refractivity contribution >= 4 is 35.0 Å². The molecular weight excluding hydrogens is 374 g/mol. The molecule has 0 saturated heterocycles. The van der Waals surface area contributed by atoms with Gasteiger partial charge in [0.15, 0.2) is 5.16 Å². The number of rotatable bonds is 5. The Kier molecular flexibility index (Phi) is 5.60. The van der Waals surface area contributed by atoms with Crippen LogP contribution in [-0.2, 0) is 4.79 Å². The fourth-order valence-electron chi connectivity index (χ4n) is 2.22. The van der Waals surface area contributed by atoms with Crippen LogP contribution in [0, 0.1) is 0 Å². The van der Waals surface area contributed by atoms with E-state index in [0.717, 1.165) is 17.8 Å². The number of benzene rings is 2. The van der Waals surface area contributed by atoms with Crippen molar-refractivity contribution in [3.8, 4) is 11.6 Å². The Hall–Kier alpha value is -2.77. The molecule has 1 aromatic heterocycles. The summed E-state index contributed by atoms with van der Waals surface area (Å²) in [6.07, 6.45) is 0. The topological polar surface area (TPSA) is 84.2 Å². The first-order valence-electron chi connectivity index (χ1n) is 7.59. The van der Waals surface area contributed by atoms with Crippen LogP contribution in [0.15, 0.2) is 70.6 Å². The number of para-hydroxylation sites is 1. The van der Waals surface area contributed by atoms with Crippen molar-refractivity contribution in [2.24, 2.45) is 0 Å². The largest absolute Gasteiger partial charge is 0.493 e. The zero-order valence-electron chi connectivity index (χ0n) is 13.4. The number of nitrogens with zero attached hydrogens (tertiary/aromatic N) is 2. The van der Waals surface area contributed by atoms with Gasteiger partial charge in [0, 0.05) is 10.7 Å². The van der Waals surface area contributed by atoms with E-state index in [1.165, 1.54) is 4.57 Å². The maximum atomic E-state index is 12.3. The molecule has 0 atom stereocenters. The van der Waals surface area contributed by atoms with Crippen LogP contribution < -0.4 is 10.9 Å². The van der Waals surface area contributed by atoms with Crippen molar-refractivity contribution in [2.75, 3.05) is 11.1 Å². The average Bonchev–Trinajstić information content (AvgIpc) is 2.62. The third-order valence-electron chi connectivity index (χ3n) is 3.35. The molecule has 3 aromatic rings. The van der Waals surface area contributed by atoms with Gasteiger partial charge in [-0.05, 0) is 36.4 Å². The van der Waals surface area contributed by atoms with Gasteiger partial charge in [0.25, 0.3) is 5.56 Å². The summed E-state index contributed by atoms with van der Waals surface area (Å²) in [5, 5.41) is 13.2. The number of anilines is 1. The van der Waals surface area contributed by atoms with Crippen molar-refractivity contribution in [2.45, 2.75) is 5.16 Å². The average molecular weight is 388 g/mol. The molecule has 1 amide bonds. The number of amides is 1. The second-order valence-corrected chi connectivity index (χ2v) is 6.63. The third kappa shape index (κ3) is 4.44. The Labute approximate surface area is 158 Å². The second-order valence-electron chi connectivity index (χ2n) is 5.25. The summed E-state index contributed by atoms with van der Waals surface area (Å²) < 4.78 is 1.35. The van der Waals surface area contributed by atoms with Gasteiger partial charge in [-0.2, -0.15) is 4.98 Å². The highest BCUT2D eigenvalue weighted by molar-refractivity contribution is 7.99. The van der Waals surface area contributed by atoms with E-state index in [1.807, 2.05) is 6.07 Å². The summed E-state index contributed by atoms with van der Waals surface area (Å²) in [5.41, 5.74) is 0.791. The zero-order chi connectivity index (χ0) is 18.5. The maximum Gasteiger partial charge on any atom is 0.262 e.